The smallest absolute Gasteiger partial charge is 0.323 e. The molecule has 3 atom stereocenters. The molecule has 0 aliphatic carbocycles. The summed E-state index contributed by atoms with van der Waals surface area (Å²) in [6.45, 7) is 9.45. The van der Waals surface area contributed by atoms with E-state index < -0.39 is 30.1 Å². The van der Waals surface area contributed by atoms with Crippen LogP contribution in [0.1, 0.15) is 104 Å². The monoisotopic (exact) mass is 549 g/mol. The molecule has 2 N–H and O–H groups in total. The van der Waals surface area contributed by atoms with Gasteiger partial charge in [0.15, 0.2) is 11.5 Å². The number of nitrogens with two attached hydrogens (primary N) is 1. The van der Waals surface area contributed by atoms with Gasteiger partial charge in [-0.2, -0.15) is 0 Å². The second kappa shape index (κ2) is 19.2. The second-order valence-electron chi connectivity index (χ2n) is 10.0. The van der Waals surface area contributed by atoms with Gasteiger partial charge in [0.1, 0.15) is 18.8 Å². The van der Waals surface area contributed by atoms with Gasteiger partial charge in [-0.05, 0) is 50.3 Å². The van der Waals surface area contributed by atoms with Crippen molar-refractivity contribution in [1.82, 2.24) is 0 Å². The van der Waals surface area contributed by atoms with Crippen LogP contribution in [0.15, 0.2) is 18.2 Å². The quantitative estimate of drug-likeness (QED) is 0.136. The van der Waals surface area contributed by atoms with Gasteiger partial charge in [0, 0.05) is 12.8 Å². The molecule has 0 aliphatic rings. The summed E-state index contributed by atoms with van der Waals surface area (Å²) in [7, 11) is 0. The summed E-state index contributed by atoms with van der Waals surface area (Å²) in [4.78, 5) is 49.2. The Labute approximate surface area is 233 Å². The summed E-state index contributed by atoms with van der Waals surface area (Å²) in [5, 5.41) is 0. The van der Waals surface area contributed by atoms with Crippen LogP contribution in [0.5, 0.6) is 11.5 Å². The Morgan fingerprint density at radius 1 is 0.795 bits per heavy atom. The Morgan fingerprint density at radius 2 is 1.38 bits per heavy atom. The summed E-state index contributed by atoms with van der Waals surface area (Å²) in [5.74, 6) is -1.76. The Morgan fingerprint density at radius 3 is 1.95 bits per heavy atom. The first-order valence-corrected chi connectivity index (χ1v) is 14.3. The van der Waals surface area contributed by atoms with Gasteiger partial charge in [-0.25, -0.2) is 0 Å². The van der Waals surface area contributed by atoms with E-state index in [1.165, 1.54) is 0 Å². The molecule has 39 heavy (non-hydrogen) atoms. The molecule has 1 aromatic carbocycles. The van der Waals surface area contributed by atoms with E-state index >= 15 is 0 Å². The molecule has 0 heterocycles. The summed E-state index contributed by atoms with van der Waals surface area (Å²) >= 11 is 0. The van der Waals surface area contributed by atoms with Gasteiger partial charge in [-0.1, -0.05) is 65.9 Å². The standard InChI is InChI=1S/C30H47NO8/c1-6-9-11-14-27(32)38-25-17-16-23(19-26(25)39-28(33)15-12-10-7-2)18-24(31)30(35)37-22(5)20-36-29(34)21(4)13-8-3/h16-17,19,21-22,24H,6-15,18,20,31H2,1-5H3/t21?,22-,24-/m0/s1. The maximum Gasteiger partial charge on any atom is 0.323 e. The van der Waals surface area contributed by atoms with Crippen molar-refractivity contribution < 1.29 is 38.1 Å². The lowest BCUT2D eigenvalue weighted by atomic mass is 10.1. The van der Waals surface area contributed by atoms with Crippen LogP contribution in [0.3, 0.4) is 0 Å². The van der Waals surface area contributed by atoms with E-state index in [-0.39, 0.29) is 49.3 Å². The van der Waals surface area contributed by atoms with Crippen LogP contribution in [0, 0.1) is 5.92 Å². The first-order valence-electron chi connectivity index (χ1n) is 14.3. The lowest BCUT2D eigenvalue weighted by molar-refractivity contribution is -0.161. The normalized spacial score (nSPS) is 13.2. The Bertz CT molecular complexity index is 916. The zero-order valence-corrected chi connectivity index (χ0v) is 24.3. The third-order valence-corrected chi connectivity index (χ3v) is 6.08. The molecule has 1 aromatic rings. The minimum absolute atomic E-state index is 0.0538. The number of esters is 4. The molecule has 0 aliphatic heterocycles. The van der Waals surface area contributed by atoms with E-state index in [1.807, 2.05) is 20.8 Å². The van der Waals surface area contributed by atoms with E-state index in [1.54, 1.807) is 32.0 Å². The van der Waals surface area contributed by atoms with Crippen LogP contribution >= 0.6 is 0 Å². The van der Waals surface area contributed by atoms with Crippen molar-refractivity contribution in [2.75, 3.05) is 6.61 Å². The fourth-order valence-electron chi connectivity index (χ4n) is 3.78. The Kier molecular flexibility index (Phi) is 16.8. The van der Waals surface area contributed by atoms with E-state index in [0.717, 1.165) is 38.5 Å². The number of benzene rings is 1. The van der Waals surface area contributed by atoms with Crippen molar-refractivity contribution in [2.24, 2.45) is 11.7 Å². The van der Waals surface area contributed by atoms with E-state index in [2.05, 4.69) is 0 Å². The summed E-state index contributed by atoms with van der Waals surface area (Å²) in [5.41, 5.74) is 6.69. The fourth-order valence-corrected chi connectivity index (χ4v) is 3.78. The molecule has 0 saturated carbocycles. The lowest BCUT2D eigenvalue weighted by Crippen LogP contribution is -2.37. The Balaban J connectivity index is 2.82. The van der Waals surface area contributed by atoms with Crippen LogP contribution in [-0.2, 0) is 35.1 Å². The molecule has 9 heteroatoms. The van der Waals surface area contributed by atoms with Gasteiger partial charge >= 0.3 is 23.9 Å². The van der Waals surface area contributed by atoms with E-state index in [9.17, 15) is 19.2 Å². The number of unbranched alkanes of at least 4 members (excludes halogenated alkanes) is 4. The number of hydrogen-bond acceptors (Lipinski definition) is 9. The minimum Gasteiger partial charge on any atom is -0.462 e. The van der Waals surface area contributed by atoms with E-state index in [0.29, 0.717) is 18.4 Å². The molecule has 9 nitrogen and oxygen atoms in total. The summed E-state index contributed by atoms with van der Waals surface area (Å²) in [6.07, 6.45) is 6.73. The number of hydrogen-bond donors (Lipinski definition) is 1. The molecule has 0 spiro atoms. The van der Waals surface area contributed by atoms with Crippen molar-refractivity contribution in [3.8, 4) is 11.5 Å². The topological polar surface area (TPSA) is 131 Å². The zero-order valence-electron chi connectivity index (χ0n) is 24.3. The average Bonchev–Trinajstić information content (AvgIpc) is 2.89. The van der Waals surface area contributed by atoms with Crippen LogP contribution in [0.25, 0.3) is 0 Å². The predicted molar refractivity (Wildman–Crippen MR) is 148 cm³/mol. The molecule has 0 fully saturated rings. The van der Waals surface area contributed by atoms with Crippen molar-refractivity contribution in [3.05, 3.63) is 23.8 Å². The number of ether oxygens (including phenoxy) is 4. The number of carbonyl (C=O) groups is 4. The molecule has 0 amide bonds. The molecule has 0 aromatic heterocycles. The molecule has 220 valence electrons. The molecule has 0 bridgehead atoms. The molecular weight excluding hydrogens is 502 g/mol. The van der Waals surface area contributed by atoms with Crippen LogP contribution in [-0.4, -0.2) is 42.6 Å². The van der Waals surface area contributed by atoms with Crippen molar-refractivity contribution >= 4 is 23.9 Å². The average molecular weight is 550 g/mol. The highest BCUT2D eigenvalue weighted by Crippen LogP contribution is 2.30. The van der Waals surface area contributed by atoms with Gasteiger partial charge in [0.25, 0.3) is 0 Å². The van der Waals surface area contributed by atoms with Gasteiger partial charge in [-0.15, -0.1) is 0 Å². The minimum atomic E-state index is -1.00. The highest BCUT2D eigenvalue weighted by Gasteiger charge is 2.22. The van der Waals surface area contributed by atoms with Crippen molar-refractivity contribution in [1.29, 1.82) is 0 Å². The number of rotatable bonds is 19. The largest absolute Gasteiger partial charge is 0.462 e. The van der Waals surface area contributed by atoms with E-state index in [4.69, 9.17) is 24.7 Å². The first-order chi connectivity index (χ1) is 18.6. The van der Waals surface area contributed by atoms with Crippen molar-refractivity contribution in [2.45, 2.75) is 117 Å². The highest BCUT2D eigenvalue weighted by molar-refractivity contribution is 5.77. The second-order valence-corrected chi connectivity index (χ2v) is 10.0. The highest BCUT2D eigenvalue weighted by atomic mass is 16.6. The van der Waals surface area contributed by atoms with Gasteiger partial charge in [-0.3, -0.25) is 19.2 Å². The fraction of sp³-hybridized carbons (Fsp3) is 0.667. The summed E-state index contributed by atoms with van der Waals surface area (Å²) in [6, 6.07) is 3.76. The molecule has 1 rings (SSSR count). The van der Waals surface area contributed by atoms with Gasteiger partial charge < -0.3 is 24.7 Å². The molecule has 0 saturated heterocycles. The molecule has 0 radical (unpaired) electrons. The maximum absolute atomic E-state index is 12.5. The Hall–Kier alpha value is -2.94. The third-order valence-electron chi connectivity index (χ3n) is 6.08. The summed E-state index contributed by atoms with van der Waals surface area (Å²) < 4.78 is 21.6. The first kappa shape index (κ1) is 34.1. The lowest BCUT2D eigenvalue weighted by Gasteiger charge is -2.18. The van der Waals surface area contributed by atoms with Crippen molar-refractivity contribution in [3.63, 3.8) is 0 Å². The van der Waals surface area contributed by atoms with Gasteiger partial charge in [0.05, 0.1) is 5.92 Å². The van der Waals surface area contributed by atoms with Crippen LogP contribution in [0.4, 0.5) is 0 Å². The number of carbonyl (C=O) groups excluding carboxylic acids is 4. The predicted octanol–water partition coefficient (Wildman–Crippen LogP) is 5.44. The maximum atomic E-state index is 12.5. The van der Waals surface area contributed by atoms with Gasteiger partial charge in [0.2, 0.25) is 0 Å². The van der Waals surface area contributed by atoms with Crippen LogP contribution < -0.4 is 15.2 Å². The molecular formula is C30H47NO8. The third kappa shape index (κ3) is 14.1. The molecule has 1 unspecified atom stereocenters. The van der Waals surface area contributed by atoms with Crippen LogP contribution in [0.2, 0.25) is 0 Å². The zero-order chi connectivity index (χ0) is 29.2. The SMILES string of the molecule is CCCCCC(=O)Oc1ccc(C[C@H](N)C(=O)O[C@@H](C)COC(=O)C(C)CCC)cc1OC(=O)CCCCC.